The van der Waals surface area contributed by atoms with Gasteiger partial charge in [-0.1, -0.05) is 0 Å². The van der Waals surface area contributed by atoms with Crippen molar-refractivity contribution in [1.29, 1.82) is 0 Å². The molecule has 0 unspecified atom stereocenters. The second-order valence-electron chi connectivity index (χ2n) is 4.78. The van der Waals surface area contributed by atoms with Crippen molar-refractivity contribution in [2.75, 3.05) is 13.1 Å². The highest BCUT2D eigenvalue weighted by Gasteiger charge is 2.36. The van der Waals surface area contributed by atoms with Gasteiger partial charge in [0.15, 0.2) is 0 Å². The fourth-order valence-corrected chi connectivity index (χ4v) is 2.23. The maximum absolute atomic E-state index is 11.8. The van der Waals surface area contributed by atoms with E-state index in [0.717, 1.165) is 32.4 Å². The van der Waals surface area contributed by atoms with Crippen molar-refractivity contribution in [3.8, 4) is 0 Å². The van der Waals surface area contributed by atoms with Crippen LogP contribution >= 0.6 is 12.4 Å². The molecule has 2 fully saturated rings. The summed E-state index contributed by atoms with van der Waals surface area (Å²) < 4.78 is 0. The molecular formula is C10H20ClN3O. The number of likely N-dealkylation sites (tertiary alicyclic amines) is 1. The molecule has 5 heteroatoms. The summed E-state index contributed by atoms with van der Waals surface area (Å²) in [6.45, 7) is 1.53. The number of nitrogens with zero attached hydrogens (tertiary/aromatic N) is 1. The molecule has 1 aliphatic carbocycles. The smallest absolute Gasteiger partial charge is 0.224 e. The lowest BCUT2D eigenvalue weighted by Gasteiger charge is -2.38. The lowest BCUT2D eigenvalue weighted by atomic mass is 9.75. The standard InChI is InChI=1S/C10H19N3O.ClH/c11-8-2-5-13(7-8)9(14)6-10(12)3-1-4-10;/h8H,1-7,11-12H2;1H/t8-;/m1./s1. The molecular weight excluding hydrogens is 214 g/mol. The fraction of sp³-hybridized carbons (Fsp3) is 0.900. The number of halogens is 1. The molecule has 0 radical (unpaired) electrons. The van der Waals surface area contributed by atoms with Gasteiger partial charge in [0.2, 0.25) is 5.91 Å². The topological polar surface area (TPSA) is 72.3 Å². The second kappa shape index (κ2) is 4.68. The van der Waals surface area contributed by atoms with Crippen LogP contribution in [0, 0.1) is 0 Å². The summed E-state index contributed by atoms with van der Waals surface area (Å²) >= 11 is 0. The zero-order valence-electron chi connectivity index (χ0n) is 8.95. The van der Waals surface area contributed by atoms with Crippen LogP contribution in [0.5, 0.6) is 0 Å². The molecule has 1 atom stereocenters. The Morgan fingerprint density at radius 2 is 2.13 bits per heavy atom. The highest BCUT2D eigenvalue weighted by atomic mass is 35.5. The molecule has 2 rings (SSSR count). The Bertz CT molecular complexity index is 243. The Morgan fingerprint density at radius 1 is 1.47 bits per heavy atom. The van der Waals surface area contributed by atoms with Gasteiger partial charge in [-0.15, -0.1) is 12.4 Å². The maximum atomic E-state index is 11.8. The van der Waals surface area contributed by atoms with Crippen molar-refractivity contribution in [2.24, 2.45) is 11.5 Å². The quantitative estimate of drug-likeness (QED) is 0.718. The van der Waals surface area contributed by atoms with Crippen LogP contribution < -0.4 is 11.5 Å². The highest BCUT2D eigenvalue weighted by molar-refractivity contribution is 5.85. The predicted octanol–water partition coefficient (Wildman–Crippen LogP) is 0.239. The maximum Gasteiger partial charge on any atom is 0.224 e. The van der Waals surface area contributed by atoms with E-state index in [0.29, 0.717) is 6.42 Å². The number of hydrogen-bond acceptors (Lipinski definition) is 3. The van der Waals surface area contributed by atoms with Gasteiger partial charge in [-0.3, -0.25) is 4.79 Å². The first-order valence-corrected chi connectivity index (χ1v) is 5.41. The number of carbonyl (C=O) groups is 1. The van der Waals surface area contributed by atoms with Crippen LogP contribution in [0.15, 0.2) is 0 Å². The number of rotatable bonds is 2. The molecule has 88 valence electrons. The fourth-order valence-electron chi connectivity index (χ4n) is 2.23. The summed E-state index contributed by atoms with van der Waals surface area (Å²) in [6.07, 6.45) is 4.61. The molecule has 0 aromatic heterocycles. The second-order valence-corrected chi connectivity index (χ2v) is 4.78. The van der Waals surface area contributed by atoms with E-state index in [1.54, 1.807) is 0 Å². The average molecular weight is 234 g/mol. The van der Waals surface area contributed by atoms with Crippen molar-refractivity contribution in [3.05, 3.63) is 0 Å². The Hall–Kier alpha value is -0.320. The van der Waals surface area contributed by atoms with Gasteiger partial charge >= 0.3 is 0 Å². The van der Waals surface area contributed by atoms with E-state index in [-0.39, 0.29) is 29.9 Å². The van der Waals surface area contributed by atoms with Crippen molar-refractivity contribution in [2.45, 2.75) is 43.7 Å². The molecule has 4 N–H and O–H groups in total. The normalized spacial score (nSPS) is 28.1. The van der Waals surface area contributed by atoms with Crippen LogP contribution in [-0.2, 0) is 4.79 Å². The molecule has 0 bridgehead atoms. The van der Waals surface area contributed by atoms with Gasteiger partial charge in [0.1, 0.15) is 0 Å². The van der Waals surface area contributed by atoms with Gasteiger partial charge < -0.3 is 16.4 Å². The van der Waals surface area contributed by atoms with Crippen LogP contribution in [0.25, 0.3) is 0 Å². The van der Waals surface area contributed by atoms with Gasteiger partial charge in [0.25, 0.3) is 0 Å². The van der Waals surface area contributed by atoms with Crippen molar-refractivity contribution in [3.63, 3.8) is 0 Å². The average Bonchev–Trinajstić information content (AvgIpc) is 2.49. The molecule has 1 saturated heterocycles. The van der Waals surface area contributed by atoms with Crippen LogP contribution in [-0.4, -0.2) is 35.5 Å². The predicted molar refractivity (Wildman–Crippen MR) is 61.8 cm³/mol. The van der Waals surface area contributed by atoms with E-state index >= 15 is 0 Å². The lowest BCUT2D eigenvalue weighted by molar-refractivity contribution is -0.132. The first-order chi connectivity index (χ1) is 6.59. The Balaban J connectivity index is 0.00000112. The number of carbonyl (C=O) groups excluding carboxylic acids is 1. The van der Waals surface area contributed by atoms with Crippen LogP contribution in [0.3, 0.4) is 0 Å². The molecule has 1 aliphatic heterocycles. The van der Waals surface area contributed by atoms with Crippen molar-refractivity contribution in [1.82, 2.24) is 4.90 Å². The first kappa shape index (κ1) is 12.7. The summed E-state index contributed by atoms with van der Waals surface area (Å²) in [6, 6.07) is 0.175. The first-order valence-electron chi connectivity index (χ1n) is 5.41. The third kappa shape index (κ3) is 2.83. The Labute approximate surface area is 96.8 Å². The molecule has 15 heavy (non-hydrogen) atoms. The van der Waals surface area contributed by atoms with Crippen LogP contribution in [0.4, 0.5) is 0 Å². The van der Waals surface area contributed by atoms with E-state index in [4.69, 9.17) is 11.5 Å². The molecule has 1 saturated carbocycles. The Kier molecular flexibility index (Phi) is 3.98. The summed E-state index contributed by atoms with van der Waals surface area (Å²) in [5.41, 5.74) is 11.6. The van der Waals surface area contributed by atoms with Crippen molar-refractivity contribution >= 4 is 18.3 Å². The van der Waals surface area contributed by atoms with E-state index in [2.05, 4.69) is 0 Å². The van der Waals surface area contributed by atoms with Crippen molar-refractivity contribution < 1.29 is 4.79 Å². The van der Waals surface area contributed by atoms with Crippen LogP contribution in [0.1, 0.15) is 32.1 Å². The summed E-state index contributed by atoms with van der Waals surface area (Å²) in [4.78, 5) is 13.6. The monoisotopic (exact) mass is 233 g/mol. The zero-order valence-corrected chi connectivity index (χ0v) is 9.76. The summed E-state index contributed by atoms with van der Waals surface area (Å²) in [5.74, 6) is 0.195. The number of nitrogens with two attached hydrogens (primary N) is 2. The molecule has 4 nitrogen and oxygen atoms in total. The minimum absolute atomic E-state index is 0. The number of hydrogen-bond donors (Lipinski definition) is 2. The van der Waals surface area contributed by atoms with E-state index < -0.39 is 0 Å². The molecule has 0 aromatic carbocycles. The number of amides is 1. The van der Waals surface area contributed by atoms with Gasteiger partial charge in [-0.2, -0.15) is 0 Å². The van der Waals surface area contributed by atoms with Gasteiger partial charge in [0.05, 0.1) is 0 Å². The summed E-state index contributed by atoms with van der Waals surface area (Å²) in [7, 11) is 0. The Morgan fingerprint density at radius 3 is 2.53 bits per heavy atom. The van der Waals surface area contributed by atoms with E-state index in [1.165, 1.54) is 6.42 Å². The molecule has 0 aromatic rings. The van der Waals surface area contributed by atoms with E-state index in [1.807, 2.05) is 4.90 Å². The minimum Gasteiger partial charge on any atom is -0.341 e. The molecule has 1 heterocycles. The molecule has 2 aliphatic rings. The van der Waals surface area contributed by atoms with Gasteiger partial charge in [0, 0.05) is 31.1 Å². The zero-order chi connectivity index (χ0) is 10.2. The molecule has 0 spiro atoms. The largest absolute Gasteiger partial charge is 0.341 e. The SMILES string of the molecule is Cl.N[C@@H]1CCN(C(=O)CC2(N)CCC2)C1. The highest BCUT2D eigenvalue weighted by Crippen LogP contribution is 2.32. The molecule has 1 amide bonds. The van der Waals surface area contributed by atoms with Gasteiger partial charge in [-0.05, 0) is 25.7 Å². The summed E-state index contributed by atoms with van der Waals surface area (Å²) in [5, 5.41) is 0. The minimum atomic E-state index is -0.191. The third-order valence-electron chi connectivity index (χ3n) is 3.43. The van der Waals surface area contributed by atoms with Crippen LogP contribution in [0.2, 0.25) is 0 Å². The van der Waals surface area contributed by atoms with E-state index in [9.17, 15) is 4.79 Å². The van der Waals surface area contributed by atoms with Gasteiger partial charge in [-0.25, -0.2) is 0 Å². The third-order valence-corrected chi connectivity index (χ3v) is 3.43. The lowest BCUT2D eigenvalue weighted by Crippen LogP contribution is -2.50.